The van der Waals surface area contributed by atoms with Crippen molar-refractivity contribution >= 4 is 33.7 Å². The summed E-state index contributed by atoms with van der Waals surface area (Å²) >= 11 is 5.92. The van der Waals surface area contributed by atoms with Crippen LogP contribution in [-0.2, 0) is 21.4 Å². The second-order valence-electron chi connectivity index (χ2n) is 6.42. The average Bonchev–Trinajstić information content (AvgIpc) is 2.75. The number of nitrogens with zero attached hydrogens (tertiary/aromatic N) is 2. The Labute approximate surface area is 180 Å². The average molecular weight is 442 g/mol. The molecule has 6 nitrogen and oxygen atoms in total. The number of halogens is 1. The number of hydrogen-bond donors (Lipinski definition) is 1. The van der Waals surface area contributed by atoms with Crippen molar-refractivity contribution in [2.24, 2.45) is 5.10 Å². The molecule has 0 radical (unpaired) electrons. The maximum Gasteiger partial charge on any atom is 0.255 e. The molecule has 1 N–H and O–H groups in total. The van der Waals surface area contributed by atoms with Crippen molar-refractivity contribution in [3.05, 3.63) is 101 Å². The zero-order valence-corrected chi connectivity index (χ0v) is 17.6. The molecule has 30 heavy (non-hydrogen) atoms. The summed E-state index contributed by atoms with van der Waals surface area (Å²) < 4.78 is 27.3. The predicted octanol–water partition coefficient (Wildman–Crippen LogP) is 3.68. The van der Waals surface area contributed by atoms with Crippen molar-refractivity contribution in [1.29, 1.82) is 0 Å². The Bertz CT molecular complexity index is 1120. The number of carbonyl (C=O) groups excluding carboxylic acids is 1. The second-order valence-corrected chi connectivity index (χ2v) is 8.79. The van der Waals surface area contributed by atoms with Gasteiger partial charge in [-0.3, -0.25) is 4.79 Å². The number of amides is 1. The van der Waals surface area contributed by atoms with Crippen LogP contribution < -0.4 is 5.43 Å². The highest BCUT2D eigenvalue weighted by atomic mass is 35.5. The highest BCUT2D eigenvalue weighted by Crippen LogP contribution is 2.18. The first-order valence-corrected chi connectivity index (χ1v) is 10.9. The van der Waals surface area contributed by atoms with E-state index < -0.39 is 15.9 Å². The molecule has 154 valence electrons. The Kier molecular flexibility index (Phi) is 7.35. The van der Waals surface area contributed by atoms with Gasteiger partial charge in [-0.05, 0) is 35.4 Å². The Hall–Kier alpha value is -3.00. The fourth-order valence-electron chi connectivity index (χ4n) is 2.72. The van der Waals surface area contributed by atoms with Crippen molar-refractivity contribution in [3.63, 3.8) is 0 Å². The number of nitrogens with one attached hydrogen (secondary N) is 1. The third-order valence-corrected chi connectivity index (χ3v) is 6.20. The molecule has 0 atom stereocenters. The van der Waals surface area contributed by atoms with Gasteiger partial charge in [0.25, 0.3) is 5.91 Å². The maximum absolute atomic E-state index is 13.1. The van der Waals surface area contributed by atoms with Gasteiger partial charge in [0.05, 0.1) is 17.7 Å². The highest BCUT2D eigenvalue weighted by Gasteiger charge is 2.26. The van der Waals surface area contributed by atoms with Gasteiger partial charge in [-0.2, -0.15) is 9.41 Å². The number of carbonyl (C=O) groups is 1. The molecule has 0 fully saturated rings. The molecule has 3 aromatic rings. The minimum absolute atomic E-state index is 0.0590. The summed E-state index contributed by atoms with van der Waals surface area (Å²) in [6.45, 7) is -0.317. The van der Waals surface area contributed by atoms with Gasteiger partial charge < -0.3 is 0 Å². The quantitative estimate of drug-likeness (QED) is 0.427. The van der Waals surface area contributed by atoms with Crippen LogP contribution in [0.1, 0.15) is 11.1 Å². The number of sulfonamides is 1. The lowest BCUT2D eigenvalue weighted by atomic mass is 10.2. The molecular formula is C22H20ClN3O3S. The van der Waals surface area contributed by atoms with Crippen molar-refractivity contribution in [2.75, 3.05) is 6.54 Å². The molecule has 3 rings (SSSR count). The molecule has 0 aromatic heterocycles. The summed E-state index contributed by atoms with van der Waals surface area (Å²) in [7, 11) is -3.87. The van der Waals surface area contributed by atoms with E-state index in [0.717, 1.165) is 9.87 Å². The SMILES string of the molecule is O=C(CN(Cc1ccccc1)S(=O)(=O)c1ccccc1)N/N=C\c1cccc(Cl)c1. The third kappa shape index (κ3) is 6.00. The summed E-state index contributed by atoms with van der Waals surface area (Å²) in [5.41, 5.74) is 3.85. The predicted molar refractivity (Wildman–Crippen MR) is 118 cm³/mol. The maximum atomic E-state index is 13.1. The fourth-order valence-corrected chi connectivity index (χ4v) is 4.32. The minimum atomic E-state index is -3.87. The normalized spacial score (nSPS) is 11.7. The largest absolute Gasteiger partial charge is 0.272 e. The smallest absolute Gasteiger partial charge is 0.255 e. The minimum Gasteiger partial charge on any atom is -0.272 e. The molecule has 3 aromatic carbocycles. The molecule has 0 aliphatic heterocycles. The summed E-state index contributed by atoms with van der Waals surface area (Å²) in [5.74, 6) is -0.552. The molecule has 0 aliphatic rings. The van der Waals surface area contributed by atoms with Crippen LogP contribution in [0.3, 0.4) is 0 Å². The summed E-state index contributed by atoms with van der Waals surface area (Å²) in [4.78, 5) is 12.5. The molecular weight excluding hydrogens is 422 g/mol. The number of rotatable bonds is 8. The first-order chi connectivity index (χ1) is 14.4. The number of hydrazone groups is 1. The lowest BCUT2D eigenvalue weighted by Gasteiger charge is -2.21. The zero-order chi connectivity index (χ0) is 21.4. The Balaban J connectivity index is 1.75. The molecule has 0 unspecified atom stereocenters. The summed E-state index contributed by atoms with van der Waals surface area (Å²) in [6, 6.07) is 24.1. The van der Waals surface area contributed by atoms with Crippen LogP contribution in [0.15, 0.2) is 94.9 Å². The first kappa shape index (κ1) is 21.7. The van der Waals surface area contributed by atoms with Crippen LogP contribution in [0, 0.1) is 0 Å². The van der Waals surface area contributed by atoms with Crippen molar-refractivity contribution < 1.29 is 13.2 Å². The van der Waals surface area contributed by atoms with E-state index in [4.69, 9.17) is 11.6 Å². The zero-order valence-electron chi connectivity index (χ0n) is 16.0. The van der Waals surface area contributed by atoms with Crippen LogP contribution in [0.2, 0.25) is 5.02 Å². The van der Waals surface area contributed by atoms with E-state index in [-0.39, 0.29) is 18.0 Å². The van der Waals surface area contributed by atoms with Crippen molar-refractivity contribution in [3.8, 4) is 0 Å². The fraction of sp³-hybridized carbons (Fsp3) is 0.0909. The monoisotopic (exact) mass is 441 g/mol. The van der Waals surface area contributed by atoms with Crippen LogP contribution in [0.4, 0.5) is 0 Å². The van der Waals surface area contributed by atoms with Crippen molar-refractivity contribution in [2.45, 2.75) is 11.4 Å². The number of hydrogen-bond acceptors (Lipinski definition) is 4. The van der Waals surface area contributed by atoms with Crippen molar-refractivity contribution in [1.82, 2.24) is 9.73 Å². The lowest BCUT2D eigenvalue weighted by Crippen LogP contribution is -2.39. The first-order valence-electron chi connectivity index (χ1n) is 9.12. The summed E-state index contributed by atoms with van der Waals surface area (Å²) in [6.07, 6.45) is 1.44. The van der Waals surface area contributed by atoms with E-state index in [1.807, 2.05) is 30.3 Å². The van der Waals surface area contributed by atoms with Gasteiger partial charge in [0.15, 0.2) is 0 Å². The van der Waals surface area contributed by atoms with E-state index >= 15 is 0 Å². The Morgan fingerprint density at radius 2 is 1.63 bits per heavy atom. The molecule has 8 heteroatoms. The molecule has 0 aliphatic carbocycles. The van der Waals surface area contributed by atoms with E-state index in [2.05, 4.69) is 10.5 Å². The van der Waals surface area contributed by atoms with Gasteiger partial charge >= 0.3 is 0 Å². The molecule has 0 spiro atoms. The van der Waals surface area contributed by atoms with Gasteiger partial charge in [-0.25, -0.2) is 13.8 Å². The Morgan fingerprint density at radius 3 is 2.30 bits per heavy atom. The van der Waals surface area contributed by atoms with E-state index in [1.54, 1.807) is 42.5 Å². The van der Waals surface area contributed by atoms with Gasteiger partial charge in [0, 0.05) is 11.6 Å². The van der Waals surface area contributed by atoms with Crippen LogP contribution in [0.5, 0.6) is 0 Å². The molecule has 0 saturated carbocycles. The van der Waals surface area contributed by atoms with Gasteiger partial charge in [0.2, 0.25) is 10.0 Å². The molecule has 1 amide bonds. The van der Waals surface area contributed by atoms with E-state index in [1.165, 1.54) is 18.3 Å². The number of benzene rings is 3. The lowest BCUT2D eigenvalue weighted by molar-refractivity contribution is -0.121. The standard InChI is InChI=1S/C22H20ClN3O3S/c23-20-11-7-10-19(14-20)15-24-25-22(27)17-26(16-18-8-3-1-4-9-18)30(28,29)21-12-5-2-6-13-21/h1-15H,16-17H2,(H,25,27)/b24-15-. The molecule has 0 heterocycles. The van der Waals surface area contributed by atoms with Crippen LogP contribution >= 0.6 is 11.6 Å². The topological polar surface area (TPSA) is 78.8 Å². The summed E-state index contributed by atoms with van der Waals surface area (Å²) in [5, 5.41) is 4.44. The van der Waals surface area contributed by atoms with Gasteiger partial charge in [-0.15, -0.1) is 0 Å². The van der Waals surface area contributed by atoms with Crippen LogP contribution in [-0.4, -0.2) is 31.4 Å². The van der Waals surface area contributed by atoms with Crippen LogP contribution in [0.25, 0.3) is 0 Å². The van der Waals surface area contributed by atoms with E-state index in [0.29, 0.717) is 10.6 Å². The molecule has 0 saturated heterocycles. The van der Waals surface area contributed by atoms with E-state index in [9.17, 15) is 13.2 Å². The second kappa shape index (κ2) is 10.2. The third-order valence-electron chi connectivity index (χ3n) is 4.15. The highest BCUT2D eigenvalue weighted by molar-refractivity contribution is 7.89. The van der Waals surface area contributed by atoms with Gasteiger partial charge in [0.1, 0.15) is 0 Å². The molecule has 0 bridgehead atoms. The van der Waals surface area contributed by atoms with Gasteiger partial charge in [-0.1, -0.05) is 72.3 Å². The Morgan fingerprint density at radius 1 is 0.967 bits per heavy atom.